The molecule has 1 amide bonds. The number of pyridine rings is 1. The van der Waals surface area contributed by atoms with Gasteiger partial charge in [-0.25, -0.2) is 9.78 Å². The van der Waals surface area contributed by atoms with Crippen LogP contribution in [0.2, 0.25) is 0 Å². The molecular formula is C28H24F3N5O2. The van der Waals surface area contributed by atoms with Gasteiger partial charge in [-0.15, -0.1) is 0 Å². The summed E-state index contributed by atoms with van der Waals surface area (Å²) in [6, 6.07) is 14.9. The Morgan fingerprint density at radius 3 is 2.61 bits per heavy atom. The number of aryl methyl sites for hydroxylation is 1. The highest BCUT2D eigenvalue weighted by molar-refractivity contribution is 5.85. The maximum Gasteiger partial charge on any atom is 0.408 e. The summed E-state index contributed by atoms with van der Waals surface area (Å²) in [7, 11) is 0. The summed E-state index contributed by atoms with van der Waals surface area (Å²) < 4.78 is 45.1. The van der Waals surface area contributed by atoms with Crippen molar-refractivity contribution >= 4 is 22.5 Å². The molecule has 1 fully saturated rings. The van der Waals surface area contributed by atoms with Crippen molar-refractivity contribution in [3.8, 4) is 16.8 Å². The minimum Gasteiger partial charge on any atom is -0.329 e. The maximum absolute atomic E-state index is 13.7. The Bertz CT molecular complexity index is 1730. The van der Waals surface area contributed by atoms with Crippen molar-refractivity contribution in [2.45, 2.75) is 38.5 Å². The van der Waals surface area contributed by atoms with Crippen LogP contribution in [-0.2, 0) is 11.3 Å². The van der Waals surface area contributed by atoms with Gasteiger partial charge < -0.3 is 9.30 Å². The molecule has 1 atom stereocenters. The van der Waals surface area contributed by atoms with Crippen LogP contribution >= 0.6 is 0 Å². The number of amides is 1. The molecule has 2 aromatic carbocycles. The molecule has 0 aliphatic carbocycles. The average Bonchev–Trinajstić information content (AvgIpc) is 3.63. The number of carbonyl (C=O) groups excluding carboxylic acids is 1. The van der Waals surface area contributed by atoms with E-state index in [9.17, 15) is 22.8 Å². The number of imidazole rings is 2. The van der Waals surface area contributed by atoms with Gasteiger partial charge in [-0.2, -0.15) is 13.2 Å². The quantitative estimate of drug-likeness (QED) is 0.337. The lowest BCUT2D eigenvalue weighted by atomic mass is 10.1. The second-order valence-corrected chi connectivity index (χ2v) is 9.59. The lowest BCUT2D eigenvalue weighted by Crippen LogP contribution is -2.46. The zero-order valence-electron chi connectivity index (χ0n) is 20.5. The van der Waals surface area contributed by atoms with Crippen LogP contribution in [0.4, 0.5) is 13.2 Å². The molecule has 7 nitrogen and oxygen atoms in total. The van der Waals surface area contributed by atoms with Gasteiger partial charge in [0.25, 0.3) is 0 Å². The molecule has 4 heterocycles. The second-order valence-electron chi connectivity index (χ2n) is 9.59. The van der Waals surface area contributed by atoms with E-state index in [1.807, 2.05) is 60.0 Å². The number of aromatic nitrogens is 4. The van der Waals surface area contributed by atoms with Gasteiger partial charge >= 0.3 is 11.9 Å². The van der Waals surface area contributed by atoms with Crippen LogP contribution in [0.5, 0.6) is 0 Å². The SMILES string of the molecule is Cc1cccc2c1n(-c1ccc(-c3cccn4cncc34)cc1)c(=O)n2CC(=O)N1CCCC1C(F)(F)F. The van der Waals surface area contributed by atoms with Crippen LogP contribution in [0, 0.1) is 6.92 Å². The molecule has 10 heteroatoms. The van der Waals surface area contributed by atoms with E-state index in [1.54, 1.807) is 24.7 Å². The Balaban J connectivity index is 1.41. The van der Waals surface area contributed by atoms with E-state index >= 15 is 0 Å². The zero-order valence-corrected chi connectivity index (χ0v) is 20.5. The number of hydrogen-bond acceptors (Lipinski definition) is 3. The number of halogens is 3. The van der Waals surface area contributed by atoms with E-state index in [2.05, 4.69) is 4.98 Å². The molecule has 38 heavy (non-hydrogen) atoms. The molecule has 0 spiro atoms. The van der Waals surface area contributed by atoms with Crippen molar-refractivity contribution in [2.24, 2.45) is 0 Å². The lowest BCUT2D eigenvalue weighted by molar-refractivity contribution is -0.182. The fourth-order valence-electron chi connectivity index (χ4n) is 5.48. The summed E-state index contributed by atoms with van der Waals surface area (Å²) in [5.74, 6) is -0.711. The van der Waals surface area contributed by atoms with Gasteiger partial charge in [0.1, 0.15) is 12.6 Å². The van der Waals surface area contributed by atoms with Crippen molar-refractivity contribution in [1.29, 1.82) is 0 Å². The molecule has 1 unspecified atom stereocenters. The number of likely N-dealkylation sites (tertiary alicyclic amines) is 1. The summed E-state index contributed by atoms with van der Waals surface area (Å²) >= 11 is 0. The van der Waals surface area contributed by atoms with Gasteiger partial charge in [-0.3, -0.25) is 13.9 Å². The van der Waals surface area contributed by atoms with Gasteiger partial charge in [0.2, 0.25) is 5.91 Å². The van der Waals surface area contributed by atoms with E-state index in [-0.39, 0.29) is 19.4 Å². The summed E-state index contributed by atoms with van der Waals surface area (Å²) in [5, 5.41) is 0. The van der Waals surface area contributed by atoms with E-state index in [1.165, 1.54) is 9.13 Å². The second kappa shape index (κ2) is 8.90. The number of para-hydroxylation sites is 1. The Kier molecular flexibility index (Phi) is 5.62. The molecule has 1 saturated heterocycles. The fourth-order valence-corrected chi connectivity index (χ4v) is 5.48. The summed E-state index contributed by atoms with van der Waals surface area (Å²) in [6.45, 7) is 1.43. The largest absolute Gasteiger partial charge is 0.408 e. The van der Waals surface area contributed by atoms with Crippen molar-refractivity contribution in [1.82, 2.24) is 23.4 Å². The topological polar surface area (TPSA) is 64.5 Å². The number of fused-ring (bicyclic) bond motifs is 2. The molecule has 0 N–H and O–H groups in total. The first-order valence-corrected chi connectivity index (χ1v) is 12.3. The highest BCUT2D eigenvalue weighted by Gasteiger charge is 2.47. The summed E-state index contributed by atoms with van der Waals surface area (Å²) in [4.78, 5) is 31.8. The number of hydrogen-bond donors (Lipinski definition) is 0. The van der Waals surface area contributed by atoms with Crippen LogP contribution in [0.25, 0.3) is 33.4 Å². The van der Waals surface area contributed by atoms with Gasteiger partial charge in [0.05, 0.1) is 34.8 Å². The predicted octanol–water partition coefficient (Wildman–Crippen LogP) is 4.97. The first kappa shape index (κ1) is 24.0. The number of nitrogens with zero attached hydrogens (tertiary/aromatic N) is 5. The molecule has 6 rings (SSSR count). The van der Waals surface area contributed by atoms with Crippen molar-refractivity contribution < 1.29 is 18.0 Å². The van der Waals surface area contributed by atoms with Crippen molar-refractivity contribution in [2.75, 3.05) is 6.54 Å². The van der Waals surface area contributed by atoms with E-state index in [0.29, 0.717) is 16.7 Å². The van der Waals surface area contributed by atoms with Gasteiger partial charge in [0, 0.05) is 18.3 Å². The van der Waals surface area contributed by atoms with Crippen LogP contribution in [-0.4, -0.2) is 48.1 Å². The summed E-state index contributed by atoms with van der Waals surface area (Å²) in [6.07, 6.45) is 1.09. The zero-order chi connectivity index (χ0) is 26.6. The summed E-state index contributed by atoms with van der Waals surface area (Å²) in [5.41, 5.74) is 4.92. The number of carbonyl (C=O) groups is 1. The molecular weight excluding hydrogens is 495 g/mol. The Hall–Kier alpha value is -4.34. The minimum atomic E-state index is -4.50. The average molecular weight is 520 g/mol. The number of benzene rings is 2. The highest BCUT2D eigenvalue weighted by Crippen LogP contribution is 2.33. The standard InChI is InChI=1S/C28H24F3N5O2/c1-18-5-2-7-22-26(18)36(27(38)35(22)16-25(37)34-14-4-8-24(34)28(29,30)31)20-11-9-19(10-12-20)21-6-3-13-33-17-32-15-23(21)33/h2-3,5-7,9-13,15,17,24H,4,8,14,16H2,1H3. The molecule has 0 bridgehead atoms. The third-order valence-corrected chi connectivity index (χ3v) is 7.29. The fraction of sp³-hybridized carbons (Fsp3) is 0.250. The smallest absolute Gasteiger partial charge is 0.329 e. The van der Waals surface area contributed by atoms with Crippen LogP contribution < -0.4 is 5.69 Å². The van der Waals surface area contributed by atoms with Gasteiger partial charge in [0.15, 0.2) is 0 Å². The van der Waals surface area contributed by atoms with E-state index < -0.39 is 30.4 Å². The maximum atomic E-state index is 13.7. The number of alkyl halides is 3. The minimum absolute atomic E-state index is 0.0286. The Labute approximate surface area is 215 Å². The first-order chi connectivity index (χ1) is 18.2. The lowest BCUT2D eigenvalue weighted by Gasteiger charge is -2.26. The third-order valence-electron chi connectivity index (χ3n) is 7.29. The van der Waals surface area contributed by atoms with E-state index in [0.717, 1.165) is 27.1 Å². The first-order valence-electron chi connectivity index (χ1n) is 12.3. The molecule has 1 aliphatic heterocycles. The normalized spacial score (nSPS) is 16.1. The number of rotatable bonds is 4. The molecule has 1 aliphatic rings. The van der Waals surface area contributed by atoms with Crippen LogP contribution in [0.15, 0.2) is 78.1 Å². The highest BCUT2D eigenvalue weighted by atomic mass is 19.4. The molecule has 0 saturated carbocycles. The third kappa shape index (κ3) is 3.87. The van der Waals surface area contributed by atoms with Gasteiger partial charge in [-0.05, 0) is 55.2 Å². The molecule has 194 valence electrons. The monoisotopic (exact) mass is 519 g/mol. The molecule has 5 aromatic rings. The Morgan fingerprint density at radius 2 is 1.84 bits per heavy atom. The van der Waals surface area contributed by atoms with Gasteiger partial charge in [-0.1, -0.05) is 30.3 Å². The Morgan fingerprint density at radius 1 is 1.05 bits per heavy atom. The molecule has 3 aromatic heterocycles. The van der Waals surface area contributed by atoms with Crippen LogP contribution in [0.1, 0.15) is 18.4 Å². The molecule has 0 radical (unpaired) electrons. The van der Waals surface area contributed by atoms with Crippen molar-refractivity contribution in [3.05, 3.63) is 89.4 Å². The predicted molar refractivity (Wildman–Crippen MR) is 137 cm³/mol. The van der Waals surface area contributed by atoms with Crippen LogP contribution in [0.3, 0.4) is 0 Å². The van der Waals surface area contributed by atoms with E-state index in [4.69, 9.17) is 0 Å². The van der Waals surface area contributed by atoms with Crippen molar-refractivity contribution in [3.63, 3.8) is 0 Å².